The number of carbonyl (C=O) groups excluding carboxylic acids is 2. The highest BCUT2D eigenvalue weighted by atomic mass is 28.4. The van der Waals surface area contributed by atoms with Crippen LogP contribution in [0.5, 0.6) is 0 Å². The Balaban J connectivity index is 3.36. The highest BCUT2D eigenvalue weighted by Crippen LogP contribution is 2.41. The standard InChI is InChI=1S/C24H49NO5Si2/c1-22(2,3)29-21(27)25-18(16-26)14-15-20(30-32(12,13)24(7,8)9)19(25)17-28-31(10,11)23(4,5)6/h16,18-20H,14-15,17H2,1-13H3/t18-,19+,20-/m0/s1. The van der Waals surface area contributed by atoms with Crippen molar-refractivity contribution in [1.82, 2.24) is 4.90 Å². The maximum absolute atomic E-state index is 13.3. The molecule has 1 fully saturated rings. The minimum Gasteiger partial charge on any atom is -0.444 e. The van der Waals surface area contributed by atoms with Crippen LogP contribution in [0, 0.1) is 0 Å². The number of hydrogen-bond donors (Lipinski definition) is 0. The smallest absolute Gasteiger partial charge is 0.411 e. The number of amides is 1. The number of piperidine rings is 1. The molecule has 0 aromatic carbocycles. The minimum absolute atomic E-state index is 0.0378. The van der Waals surface area contributed by atoms with Crippen molar-refractivity contribution in [2.75, 3.05) is 6.61 Å². The summed E-state index contributed by atoms with van der Waals surface area (Å²) in [6.45, 7) is 28.0. The average molecular weight is 488 g/mol. The van der Waals surface area contributed by atoms with E-state index in [4.69, 9.17) is 13.6 Å². The van der Waals surface area contributed by atoms with Crippen molar-refractivity contribution in [2.24, 2.45) is 0 Å². The van der Waals surface area contributed by atoms with Gasteiger partial charge < -0.3 is 18.4 Å². The zero-order chi connectivity index (χ0) is 25.3. The number of rotatable bonds is 6. The number of aldehydes is 1. The van der Waals surface area contributed by atoms with Crippen molar-refractivity contribution >= 4 is 29.0 Å². The second-order valence-corrected chi connectivity index (χ2v) is 22.8. The van der Waals surface area contributed by atoms with Crippen LogP contribution in [0.2, 0.25) is 36.3 Å². The first-order valence-electron chi connectivity index (χ1n) is 11.9. The zero-order valence-electron chi connectivity index (χ0n) is 22.9. The quantitative estimate of drug-likeness (QED) is 0.322. The highest BCUT2D eigenvalue weighted by Gasteiger charge is 2.48. The van der Waals surface area contributed by atoms with Gasteiger partial charge in [-0.05, 0) is 69.9 Å². The molecule has 0 bridgehead atoms. The highest BCUT2D eigenvalue weighted by molar-refractivity contribution is 6.74. The molecule has 1 amide bonds. The van der Waals surface area contributed by atoms with Crippen molar-refractivity contribution in [3.63, 3.8) is 0 Å². The monoisotopic (exact) mass is 487 g/mol. The van der Waals surface area contributed by atoms with Gasteiger partial charge in [0.2, 0.25) is 0 Å². The lowest BCUT2D eigenvalue weighted by atomic mass is 9.94. The van der Waals surface area contributed by atoms with Gasteiger partial charge in [0.15, 0.2) is 16.6 Å². The van der Waals surface area contributed by atoms with Crippen LogP contribution in [0.4, 0.5) is 4.79 Å². The summed E-state index contributed by atoms with van der Waals surface area (Å²) in [5.74, 6) is 0. The molecule has 0 aliphatic carbocycles. The lowest BCUT2D eigenvalue weighted by Gasteiger charge is -2.49. The Hall–Kier alpha value is -0.706. The largest absolute Gasteiger partial charge is 0.444 e. The van der Waals surface area contributed by atoms with Crippen molar-refractivity contribution in [2.45, 2.75) is 135 Å². The molecule has 1 aliphatic heterocycles. The maximum Gasteiger partial charge on any atom is 0.411 e. The Morgan fingerprint density at radius 1 is 0.906 bits per heavy atom. The summed E-state index contributed by atoms with van der Waals surface area (Å²) >= 11 is 0. The number of ether oxygens (including phenoxy) is 1. The van der Waals surface area contributed by atoms with E-state index in [0.717, 1.165) is 12.7 Å². The van der Waals surface area contributed by atoms with Crippen LogP contribution in [-0.4, -0.2) is 64.3 Å². The summed E-state index contributed by atoms with van der Waals surface area (Å²) in [5.41, 5.74) is -0.650. The lowest BCUT2D eigenvalue weighted by molar-refractivity contribution is -0.118. The van der Waals surface area contributed by atoms with Crippen molar-refractivity contribution in [1.29, 1.82) is 0 Å². The molecular formula is C24H49NO5Si2. The van der Waals surface area contributed by atoms with Crippen LogP contribution in [0.15, 0.2) is 0 Å². The van der Waals surface area contributed by atoms with Gasteiger partial charge in [0.05, 0.1) is 24.8 Å². The molecule has 0 saturated carbocycles. The summed E-state index contributed by atoms with van der Waals surface area (Å²) < 4.78 is 19.1. The lowest BCUT2D eigenvalue weighted by Crippen LogP contribution is -2.62. The third-order valence-corrected chi connectivity index (χ3v) is 16.3. The van der Waals surface area contributed by atoms with Gasteiger partial charge in [0.1, 0.15) is 11.9 Å². The fourth-order valence-electron chi connectivity index (χ4n) is 3.20. The van der Waals surface area contributed by atoms with E-state index in [0.29, 0.717) is 13.0 Å². The Labute approximate surface area is 199 Å². The van der Waals surface area contributed by atoms with Gasteiger partial charge in [0, 0.05) is 0 Å². The van der Waals surface area contributed by atoms with Crippen LogP contribution in [0.1, 0.15) is 75.2 Å². The van der Waals surface area contributed by atoms with Gasteiger partial charge in [-0.25, -0.2) is 4.79 Å². The number of carbonyl (C=O) groups is 2. The van der Waals surface area contributed by atoms with E-state index in [1.54, 1.807) is 4.90 Å². The van der Waals surface area contributed by atoms with Crippen LogP contribution >= 0.6 is 0 Å². The molecule has 3 atom stereocenters. The number of likely N-dealkylation sites (tertiary alicyclic amines) is 1. The molecule has 6 nitrogen and oxygen atoms in total. The van der Waals surface area contributed by atoms with Gasteiger partial charge in [-0.15, -0.1) is 0 Å². The Kier molecular flexibility index (Phi) is 9.05. The Bertz CT molecular complexity index is 659. The fourth-order valence-corrected chi connectivity index (χ4v) is 5.61. The van der Waals surface area contributed by atoms with Gasteiger partial charge in [-0.2, -0.15) is 0 Å². The second-order valence-electron chi connectivity index (χ2n) is 13.2. The van der Waals surface area contributed by atoms with Gasteiger partial charge >= 0.3 is 6.09 Å². The first-order valence-corrected chi connectivity index (χ1v) is 17.7. The average Bonchev–Trinajstić information content (AvgIpc) is 2.56. The van der Waals surface area contributed by atoms with Crippen LogP contribution < -0.4 is 0 Å². The molecule has 0 radical (unpaired) electrons. The predicted molar refractivity (Wildman–Crippen MR) is 136 cm³/mol. The van der Waals surface area contributed by atoms with Crippen LogP contribution in [-0.2, 0) is 18.4 Å². The van der Waals surface area contributed by atoms with Crippen LogP contribution in [0.3, 0.4) is 0 Å². The third kappa shape index (κ3) is 7.40. The third-order valence-electron chi connectivity index (χ3n) is 7.33. The molecule has 0 unspecified atom stereocenters. The zero-order valence-corrected chi connectivity index (χ0v) is 24.9. The minimum atomic E-state index is -2.10. The van der Waals surface area contributed by atoms with E-state index in [1.807, 2.05) is 20.8 Å². The molecule has 1 saturated heterocycles. The van der Waals surface area contributed by atoms with Gasteiger partial charge in [-0.3, -0.25) is 4.90 Å². The predicted octanol–water partition coefficient (Wildman–Crippen LogP) is 6.37. The molecular weight excluding hydrogens is 438 g/mol. The first kappa shape index (κ1) is 29.3. The summed E-state index contributed by atoms with van der Waals surface area (Å²) in [4.78, 5) is 26.9. The Morgan fingerprint density at radius 2 is 1.41 bits per heavy atom. The van der Waals surface area contributed by atoms with E-state index in [-0.39, 0.29) is 22.2 Å². The summed E-state index contributed by atoms with van der Waals surface area (Å²) in [6.07, 6.45) is 1.50. The van der Waals surface area contributed by atoms with Gasteiger partial charge in [0.25, 0.3) is 0 Å². The topological polar surface area (TPSA) is 65.1 Å². The van der Waals surface area contributed by atoms with E-state index in [1.165, 1.54) is 0 Å². The van der Waals surface area contributed by atoms with E-state index >= 15 is 0 Å². The first-order chi connectivity index (χ1) is 14.1. The molecule has 1 aliphatic rings. The molecule has 32 heavy (non-hydrogen) atoms. The van der Waals surface area contributed by atoms with Crippen molar-refractivity contribution < 1.29 is 23.2 Å². The molecule has 0 aromatic rings. The van der Waals surface area contributed by atoms with Crippen LogP contribution in [0.25, 0.3) is 0 Å². The second kappa shape index (κ2) is 9.88. The normalized spacial score (nSPS) is 23.8. The SMILES string of the molecule is CC(C)(C)OC(=O)N1[C@H](C=O)CC[C@H](O[Si](C)(C)C(C)(C)C)[C@H]1CO[Si](C)(C)C(C)(C)C. The van der Waals surface area contributed by atoms with Gasteiger partial charge in [-0.1, -0.05) is 41.5 Å². The van der Waals surface area contributed by atoms with E-state index < -0.39 is 34.4 Å². The van der Waals surface area contributed by atoms with E-state index in [2.05, 4.69) is 67.7 Å². The fraction of sp³-hybridized carbons (Fsp3) is 0.917. The maximum atomic E-state index is 13.3. The molecule has 1 heterocycles. The summed E-state index contributed by atoms with van der Waals surface area (Å²) in [5, 5.41) is 0.0777. The molecule has 0 spiro atoms. The van der Waals surface area contributed by atoms with Crippen molar-refractivity contribution in [3.05, 3.63) is 0 Å². The molecule has 1 rings (SSSR count). The summed E-state index contributed by atoms with van der Waals surface area (Å²) in [6, 6.07) is -0.894. The molecule has 8 heteroatoms. The Morgan fingerprint density at radius 3 is 1.81 bits per heavy atom. The number of nitrogens with zero attached hydrogens (tertiary/aromatic N) is 1. The molecule has 0 aromatic heterocycles. The molecule has 0 N–H and O–H groups in total. The number of hydrogen-bond acceptors (Lipinski definition) is 5. The van der Waals surface area contributed by atoms with Crippen molar-refractivity contribution in [3.8, 4) is 0 Å². The molecule has 188 valence electrons. The van der Waals surface area contributed by atoms with E-state index in [9.17, 15) is 9.59 Å². The summed E-state index contributed by atoms with van der Waals surface area (Å²) in [7, 11) is -4.17.